The second-order valence-corrected chi connectivity index (χ2v) is 6.60. The SMILES string of the molecule is Cc1cc(OCC(C)C)ccc1C(C)C(C)C(CN)CN. The van der Waals surface area contributed by atoms with Gasteiger partial charge in [0.15, 0.2) is 0 Å². The summed E-state index contributed by atoms with van der Waals surface area (Å²) in [6.45, 7) is 13.0. The van der Waals surface area contributed by atoms with Crippen LogP contribution in [0.15, 0.2) is 18.2 Å². The lowest BCUT2D eigenvalue weighted by Gasteiger charge is -2.28. The van der Waals surface area contributed by atoms with Crippen LogP contribution in [0.4, 0.5) is 0 Å². The van der Waals surface area contributed by atoms with E-state index in [0.29, 0.717) is 36.8 Å². The van der Waals surface area contributed by atoms with Crippen LogP contribution in [0.1, 0.15) is 44.7 Å². The maximum Gasteiger partial charge on any atom is 0.119 e. The van der Waals surface area contributed by atoms with Gasteiger partial charge in [-0.25, -0.2) is 0 Å². The van der Waals surface area contributed by atoms with E-state index in [9.17, 15) is 0 Å². The quantitative estimate of drug-likeness (QED) is 0.773. The van der Waals surface area contributed by atoms with Gasteiger partial charge in [0.05, 0.1) is 6.61 Å². The van der Waals surface area contributed by atoms with Crippen LogP contribution in [-0.2, 0) is 0 Å². The van der Waals surface area contributed by atoms with E-state index in [4.69, 9.17) is 16.2 Å². The summed E-state index contributed by atoms with van der Waals surface area (Å²) in [6, 6.07) is 6.41. The molecule has 0 aliphatic carbocycles. The largest absolute Gasteiger partial charge is 0.493 e. The highest BCUT2D eigenvalue weighted by atomic mass is 16.5. The summed E-state index contributed by atoms with van der Waals surface area (Å²) in [7, 11) is 0. The molecule has 0 saturated carbocycles. The topological polar surface area (TPSA) is 61.3 Å². The normalized spacial score (nSPS) is 14.5. The van der Waals surface area contributed by atoms with Crippen molar-refractivity contribution in [3.63, 3.8) is 0 Å². The van der Waals surface area contributed by atoms with E-state index in [1.165, 1.54) is 11.1 Å². The Bertz CT molecular complexity index is 427. The number of hydrogen-bond donors (Lipinski definition) is 2. The van der Waals surface area contributed by atoms with Crippen LogP contribution in [0.3, 0.4) is 0 Å². The Labute approximate surface area is 130 Å². The smallest absolute Gasteiger partial charge is 0.119 e. The van der Waals surface area contributed by atoms with E-state index in [1.807, 2.05) is 0 Å². The first-order valence-electron chi connectivity index (χ1n) is 8.04. The maximum absolute atomic E-state index is 5.83. The molecule has 3 heteroatoms. The molecule has 0 amide bonds. The van der Waals surface area contributed by atoms with E-state index in [-0.39, 0.29) is 0 Å². The van der Waals surface area contributed by atoms with Crippen LogP contribution >= 0.6 is 0 Å². The first-order chi connectivity index (χ1) is 9.90. The number of ether oxygens (including phenoxy) is 1. The molecule has 2 unspecified atom stereocenters. The molecule has 0 heterocycles. The molecule has 2 atom stereocenters. The van der Waals surface area contributed by atoms with Gasteiger partial charge in [-0.05, 0) is 66.9 Å². The first-order valence-corrected chi connectivity index (χ1v) is 8.04. The summed E-state index contributed by atoms with van der Waals surface area (Å²) in [5.74, 6) is 2.79. The minimum absolute atomic E-state index is 0.372. The molecule has 0 aliphatic rings. The van der Waals surface area contributed by atoms with Crippen LogP contribution in [0.2, 0.25) is 0 Å². The first kappa shape index (κ1) is 18.0. The molecule has 1 aromatic rings. The molecule has 1 rings (SSSR count). The Morgan fingerprint density at radius 1 is 1.05 bits per heavy atom. The molecule has 0 radical (unpaired) electrons. The second-order valence-electron chi connectivity index (χ2n) is 6.60. The lowest BCUT2D eigenvalue weighted by Crippen LogP contribution is -2.31. The van der Waals surface area contributed by atoms with Crippen LogP contribution in [-0.4, -0.2) is 19.7 Å². The van der Waals surface area contributed by atoms with Gasteiger partial charge in [-0.3, -0.25) is 0 Å². The molecule has 1 aromatic carbocycles. The van der Waals surface area contributed by atoms with Crippen LogP contribution in [0.25, 0.3) is 0 Å². The van der Waals surface area contributed by atoms with Crippen molar-refractivity contribution in [1.82, 2.24) is 0 Å². The van der Waals surface area contributed by atoms with E-state index in [1.54, 1.807) is 0 Å². The Morgan fingerprint density at radius 2 is 1.67 bits per heavy atom. The second kappa shape index (κ2) is 8.40. The summed E-state index contributed by atoms with van der Waals surface area (Å²) < 4.78 is 5.79. The van der Waals surface area contributed by atoms with E-state index < -0.39 is 0 Å². The lowest BCUT2D eigenvalue weighted by molar-refractivity contribution is 0.270. The van der Waals surface area contributed by atoms with Gasteiger partial charge in [0.25, 0.3) is 0 Å². The predicted octanol–water partition coefficient (Wildman–Crippen LogP) is 3.30. The zero-order valence-electron chi connectivity index (χ0n) is 14.2. The third-order valence-corrected chi connectivity index (χ3v) is 4.45. The van der Waals surface area contributed by atoms with E-state index in [0.717, 1.165) is 12.4 Å². The van der Waals surface area contributed by atoms with Crippen molar-refractivity contribution in [2.45, 2.75) is 40.5 Å². The number of hydrogen-bond acceptors (Lipinski definition) is 3. The van der Waals surface area contributed by atoms with Crippen molar-refractivity contribution in [2.75, 3.05) is 19.7 Å². The van der Waals surface area contributed by atoms with Crippen LogP contribution in [0, 0.1) is 24.7 Å². The molecule has 0 spiro atoms. The van der Waals surface area contributed by atoms with Crippen molar-refractivity contribution in [2.24, 2.45) is 29.2 Å². The zero-order valence-corrected chi connectivity index (χ0v) is 14.2. The van der Waals surface area contributed by atoms with Crippen molar-refractivity contribution in [3.8, 4) is 5.75 Å². The van der Waals surface area contributed by atoms with Gasteiger partial charge in [-0.1, -0.05) is 33.8 Å². The number of benzene rings is 1. The molecule has 0 aliphatic heterocycles. The summed E-state index contributed by atoms with van der Waals surface area (Å²) in [5, 5.41) is 0. The molecule has 0 saturated heterocycles. The van der Waals surface area contributed by atoms with E-state index >= 15 is 0 Å². The maximum atomic E-state index is 5.83. The average molecular weight is 292 g/mol. The predicted molar refractivity (Wildman–Crippen MR) is 90.7 cm³/mol. The van der Waals surface area contributed by atoms with Crippen molar-refractivity contribution in [1.29, 1.82) is 0 Å². The molecular formula is C18H32N2O. The summed E-state index contributed by atoms with van der Waals surface area (Å²) in [5.41, 5.74) is 14.3. The Kier molecular flexibility index (Phi) is 7.20. The average Bonchev–Trinajstić information content (AvgIpc) is 2.45. The highest BCUT2D eigenvalue weighted by molar-refractivity contribution is 5.37. The van der Waals surface area contributed by atoms with Crippen molar-refractivity contribution >= 4 is 0 Å². The standard InChI is InChI=1S/C18H32N2O/c1-12(2)11-21-17-6-7-18(13(3)8-17)15(5)14(4)16(9-19)10-20/h6-8,12,14-16H,9-11,19-20H2,1-5H3. The minimum Gasteiger partial charge on any atom is -0.493 e. The molecule has 0 fully saturated rings. The van der Waals surface area contributed by atoms with Gasteiger partial charge in [0, 0.05) is 0 Å². The number of rotatable bonds is 8. The summed E-state index contributed by atoms with van der Waals surface area (Å²) >= 11 is 0. The van der Waals surface area contributed by atoms with Crippen molar-refractivity contribution in [3.05, 3.63) is 29.3 Å². The van der Waals surface area contributed by atoms with Gasteiger partial charge >= 0.3 is 0 Å². The van der Waals surface area contributed by atoms with Gasteiger partial charge in [0.1, 0.15) is 5.75 Å². The van der Waals surface area contributed by atoms with Gasteiger partial charge < -0.3 is 16.2 Å². The highest BCUT2D eigenvalue weighted by Gasteiger charge is 2.23. The monoisotopic (exact) mass is 292 g/mol. The molecule has 4 N–H and O–H groups in total. The summed E-state index contributed by atoms with van der Waals surface area (Å²) in [6.07, 6.45) is 0. The van der Waals surface area contributed by atoms with E-state index in [2.05, 4.69) is 52.8 Å². The Hall–Kier alpha value is -1.06. The molecule has 21 heavy (non-hydrogen) atoms. The van der Waals surface area contributed by atoms with Gasteiger partial charge in [-0.15, -0.1) is 0 Å². The Morgan fingerprint density at radius 3 is 2.14 bits per heavy atom. The van der Waals surface area contributed by atoms with Crippen LogP contribution in [0.5, 0.6) is 5.75 Å². The van der Waals surface area contributed by atoms with Gasteiger partial charge in [-0.2, -0.15) is 0 Å². The van der Waals surface area contributed by atoms with Crippen molar-refractivity contribution < 1.29 is 4.74 Å². The molecule has 3 nitrogen and oxygen atoms in total. The number of aryl methyl sites for hydroxylation is 1. The Balaban J connectivity index is 2.83. The third kappa shape index (κ3) is 5.01. The fourth-order valence-corrected chi connectivity index (χ4v) is 2.73. The molecule has 0 bridgehead atoms. The molecule has 120 valence electrons. The summed E-state index contributed by atoms with van der Waals surface area (Å²) in [4.78, 5) is 0. The fraction of sp³-hybridized carbons (Fsp3) is 0.667. The van der Waals surface area contributed by atoms with Gasteiger partial charge in [0.2, 0.25) is 0 Å². The lowest BCUT2D eigenvalue weighted by atomic mass is 9.79. The van der Waals surface area contributed by atoms with Crippen LogP contribution < -0.4 is 16.2 Å². The molecule has 0 aromatic heterocycles. The fourth-order valence-electron chi connectivity index (χ4n) is 2.73. The third-order valence-electron chi connectivity index (χ3n) is 4.45. The minimum atomic E-state index is 0.372. The molecular weight excluding hydrogens is 260 g/mol. The highest BCUT2D eigenvalue weighted by Crippen LogP contribution is 2.32. The zero-order chi connectivity index (χ0) is 16.0. The number of nitrogens with two attached hydrogens (primary N) is 2.